The summed E-state index contributed by atoms with van der Waals surface area (Å²) >= 11 is 3.28. The third kappa shape index (κ3) is 1.85. The first-order chi connectivity index (χ1) is 7.50. The molecule has 0 spiro atoms. The predicted octanol–water partition coefficient (Wildman–Crippen LogP) is 3.24. The van der Waals surface area contributed by atoms with Crippen LogP contribution in [0.4, 0.5) is 8.78 Å². The SMILES string of the molecule is Cn1cc(C(O)C(F)F)c2cc(Br)ccc21. The van der Waals surface area contributed by atoms with Gasteiger partial charge in [-0.25, -0.2) is 8.78 Å². The zero-order valence-electron chi connectivity index (χ0n) is 8.49. The zero-order chi connectivity index (χ0) is 11.9. The Bertz CT molecular complexity index is 524. The van der Waals surface area contributed by atoms with Gasteiger partial charge in [-0.3, -0.25) is 0 Å². The minimum Gasteiger partial charge on any atom is -0.382 e. The van der Waals surface area contributed by atoms with Crippen LogP contribution in [0.25, 0.3) is 10.9 Å². The normalized spacial score (nSPS) is 13.6. The summed E-state index contributed by atoms with van der Waals surface area (Å²) < 4.78 is 27.5. The standard InChI is InChI=1S/C11H10BrF2NO/c1-15-5-8(10(16)11(13)14)7-4-6(12)2-3-9(7)15/h2-5,10-11,16H,1H3. The number of alkyl halides is 2. The van der Waals surface area contributed by atoms with Crippen LogP contribution in [-0.2, 0) is 7.05 Å². The van der Waals surface area contributed by atoms with Gasteiger partial charge < -0.3 is 9.67 Å². The van der Waals surface area contributed by atoms with Crippen LogP contribution < -0.4 is 0 Å². The molecule has 2 rings (SSSR count). The van der Waals surface area contributed by atoms with E-state index in [4.69, 9.17) is 0 Å². The second kappa shape index (κ2) is 4.14. The van der Waals surface area contributed by atoms with Gasteiger partial charge in [0.15, 0.2) is 0 Å². The van der Waals surface area contributed by atoms with Crippen LogP contribution >= 0.6 is 15.9 Å². The molecule has 0 fully saturated rings. The molecule has 2 nitrogen and oxygen atoms in total. The molecule has 0 radical (unpaired) electrons. The van der Waals surface area contributed by atoms with Crippen molar-refractivity contribution in [3.05, 3.63) is 34.4 Å². The maximum atomic E-state index is 12.5. The molecule has 1 aromatic carbocycles. The average Bonchev–Trinajstić information content (AvgIpc) is 2.54. The number of aliphatic hydroxyl groups excluding tert-OH is 1. The molecule has 0 saturated carbocycles. The number of hydrogen-bond donors (Lipinski definition) is 1. The molecular weight excluding hydrogens is 280 g/mol. The zero-order valence-corrected chi connectivity index (χ0v) is 10.1. The van der Waals surface area contributed by atoms with Gasteiger partial charge in [0.2, 0.25) is 0 Å². The van der Waals surface area contributed by atoms with Crippen LogP contribution in [0.2, 0.25) is 0 Å². The second-order valence-corrected chi connectivity index (χ2v) is 4.55. The summed E-state index contributed by atoms with van der Waals surface area (Å²) in [5.74, 6) is 0. The highest BCUT2D eigenvalue weighted by Gasteiger charge is 2.23. The molecule has 5 heteroatoms. The summed E-state index contributed by atoms with van der Waals surface area (Å²) in [6.07, 6.45) is -2.98. The lowest BCUT2D eigenvalue weighted by Crippen LogP contribution is -2.07. The van der Waals surface area contributed by atoms with Gasteiger partial charge in [0.25, 0.3) is 6.43 Å². The van der Waals surface area contributed by atoms with E-state index in [-0.39, 0.29) is 5.56 Å². The van der Waals surface area contributed by atoms with E-state index in [2.05, 4.69) is 15.9 Å². The van der Waals surface area contributed by atoms with Crippen LogP contribution in [0, 0.1) is 0 Å². The van der Waals surface area contributed by atoms with Crippen molar-refractivity contribution in [3.63, 3.8) is 0 Å². The molecule has 0 amide bonds. The lowest BCUT2D eigenvalue weighted by molar-refractivity contribution is -0.00502. The molecule has 1 aromatic heterocycles. The average molecular weight is 290 g/mol. The first kappa shape index (κ1) is 11.5. The Balaban J connectivity index is 2.66. The topological polar surface area (TPSA) is 25.2 Å². The summed E-state index contributed by atoms with van der Waals surface area (Å²) in [4.78, 5) is 0. The first-order valence-corrected chi connectivity index (χ1v) is 5.50. The van der Waals surface area contributed by atoms with Crippen molar-refractivity contribution in [1.82, 2.24) is 4.57 Å². The van der Waals surface area contributed by atoms with Crippen molar-refractivity contribution in [2.75, 3.05) is 0 Å². The Morgan fingerprint density at radius 3 is 2.69 bits per heavy atom. The quantitative estimate of drug-likeness (QED) is 0.902. The van der Waals surface area contributed by atoms with Gasteiger partial charge in [-0.1, -0.05) is 15.9 Å². The van der Waals surface area contributed by atoms with Crippen LogP contribution in [0.5, 0.6) is 0 Å². The monoisotopic (exact) mass is 289 g/mol. The Hall–Kier alpha value is -0.940. The number of halogens is 3. The first-order valence-electron chi connectivity index (χ1n) is 4.71. The third-order valence-electron chi connectivity index (χ3n) is 2.54. The van der Waals surface area contributed by atoms with Crippen molar-refractivity contribution in [2.45, 2.75) is 12.5 Å². The van der Waals surface area contributed by atoms with Crippen LogP contribution in [0.3, 0.4) is 0 Å². The van der Waals surface area contributed by atoms with E-state index in [0.29, 0.717) is 5.39 Å². The van der Waals surface area contributed by atoms with Gasteiger partial charge in [-0.15, -0.1) is 0 Å². The van der Waals surface area contributed by atoms with E-state index in [1.807, 2.05) is 12.1 Å². The maximum Gasteiger partial charge on any atom is 0.268 e. The van der Waals surface area contributed by atoms with Crippen molar-refractivity contribution in [2.24, 2.45) is 7.05 Å². The molecule has 0 aliphatic heterocycles. The number of fused-ring (bicyclic) bond motifs is 1. The lowest BCUT2D eigenvalue weighted by atomic mass is 10.1. The minimum absolute atomic E-state index is 0.258. The molecule has 0 bridgehead atoms. The van der Waals surface area contributed by atoms with Crippen LogP contribution in [-0.4, -0.2) is 16.1 Å². The number of hydrogen-bond acceptors (Lipinski definition) is 1. The third-order valence-corrected chi connectivity index (χ3v) is 3.03. The molecule has 1 atom stereocenters. The molecular formula is C11H10BrF2NO. The smallest absolute Gasteiger partial charge is 0.268 e. The van der Waals surface area contributed by atoms with Crippen molar-refractivity contribution >= 4 is 26.8 Å². The van der Waals surface area contributed by atoms with E-state index >= 15 is 0 Å². The number of rotatable bonds is 2. The molecule has 16 heavy (non-hydrogen) atoms. The number of aromatic nitrogens is 1. The maximum absolute atomic E-state index is 12.5. The van der Waals surface area contributed by atoms with Crippen LogP contribution in [0.1, 0.15) is 11.7 Å². The van der Waals surface area contributed by atoms with Crippen molar-refractivity contribution in [3.8, 4) is 0 Å². The highest BCUT2D eigenvalue weighted by Crippen LogP contribution is 2.31. The number of nitrogens with zero attached hydrogens (tertiary/aromatic N) is 1. The Morgan fingerprint density at radius 1 is 1.38 bits per heavy atom. The fraction of sp³-hybridized carbons (Fsp3) is 0.273. The highest BCUT2D eigenvalue weighted by atomic mass is 79.9. The largest absolute Gasteiger partial charge is 0.382 e. The minimum atomic E-state index is -2.77. The molecule has 2 aromatic rings. The molecule has 86 valence electrons. The summed E-state index contributed by atoms with van der Waals surface area (Å²) in [5.41, 5.74) is 1.08. The molecule has 1 N–H and O–H groups in total. The summed E-state index contributed by atoms with van der Waals surface area (Å²) in [7, 11) is 1.76. The predicted molar refractivity (Wildman–Crippen MR) is 61.6 cm³/mol. The highest BCUT2D eigenvalue weighted by molar-refractivity contribution is 9.10. The van der Waals surface area contributed by atoms with Crippen molar-refractivity contribution in [1.29, 1.82) is 0 Å². The van der Waals surface area contributed by atoms with Gasteiger partial charge in [0.05, 0.1) is 0 Å². The molecule has 1 unspecified atom stereocenters. The van der Waals surface area contributed by atoms with Gasteiger partial charge in [0.1, 0.15) is 6.10 Å². The summed E-state index contributed by atoms with van der Waals surface area (Å²) in [5, 5.41) is 10.1. The van der Waals surface area contributed by atoms with E-state index in [1.165, 1.54) is 6.20 Å². The summed E-state index contributed by atoms with van der Waals surface area (Å²) in [6.45, 7) is 0. The van der Waals surface area contributed by atoms with Crippen LogP contribution in [0.15, 0.2) is 28.9 Å². The lowest BCUT2D eigenvalue weighted by Gasteiger charge is -2.07. The second-order valence-electron chi connectivity index (χ2n) is 3.64. The fourth-order valence-electron chi connectivity index (χ4n) is 1.77. The van der Waals surface area contributed by atoms with Crippen molar-refractivity contribution < 1.29 is 13.9 Å². The number of benzene rings is 1. The molecule has 0 aliphatic carbocycles. The van der Waals surface area contributed by atoms with Gasteiger partial charge >= 0.3 is 0 Å². The van der Waals surface area contributed by atoms with E-state index in [1.54, 1.807) is 17.7 Å². The van der Waals surface area contributed by atoms with Gasteiger partial charge in [0, 0.05) is 34.2 Å². The van der Waals surface area contributed by atoms with E-state index < -0.39 is 12.5 Å². The van der Waals surface area contributed by atoms with E-state index in [0.717, 1.165) is 9.99 Å². The number of aliphatic hydroxyl groups is 1. The van der Waals surface area contributed by atoms with E-state index in [9.17, 15) is 13.9 Å². The Morgan fingerprint density at radius 2 is 2.06 bits per heavy atom. The Labute approximate surface area is 99.6 Å². The molecule has 0 saturated heterocycles. The van der Waals surface area contributed by atoms with Gasteiger partial charge in [-0.2, -0.15) is 0 Å². The molecule has 0 aliphatic rings. The van der Waals surface area contributed by atoms with Gasteiger partial charge in [-0.05, 0) is 18.2 Å². The summed E-state index contributed by atoms with van der Waals surface area (Å²) in [6, 6.07) is 5.39. The number of aryl methyl sites for hydroxylation is 1. The molecule has 1 heterocycles. The Kier molecular flexibility index (Phi) is 2.99. The fourth-order valence-corrected chi connectivity index (χ4v) is 2.13.